The molecule has 5 rings (SSSR count). The number of aromatic nitrogens is 2. The molecule has 9 nitrogen and oxygen atoms in total. The minimum atomic E-state index is -4.99. The van der Waals surface area contributed by atoms with E-state index in [1.165, 1.54) is 53.4 Å². The minimum Gasteiger partial charge on any atom is -0.370 e. The van der Waals surface area contributed by atoms with Crippen LogP contribution in [0.4, 0.5) is 27.6 Å². The normalized spacial score (nSPS) is 17.8. The number of piperazine rings is 1. The molecule has 3 heterocycles. The van der Waals surface area contributed by atoms with Gasteiger partial charge in [-0.1, -0.05) is 36.4 Å². The number of fused-ring (bicyclic) bond motifs is 1. The molecule has 0 saturated carbocycles. The van der Waals surface area contributed by atoms with Gasteiger partial charge < -0.3 is 15.5 Å². The summed E-state index contributed by atoms with van der Waals surface area (Å²) in [6.07, 6.45) is -4.13. The van der Waals surface area contributed by atoms with Gasteiger partial charge in [-0.25, -0.2) is 13.5 Å². The number of benzene rings is 2. The fourth-order valence-corrected chi connectivity index (χ4v) is 5.40. The molecule has 240 valence electrons. The van der Waals surface area contributed by atoms with Crippen molar-refractivity contribution in [3.63, 3.8) is 0 Å². The van der Waals surface area contributed by atoms with E-state index < -0.39 is 59.6 Å². The number of hydrogen-bond acceptors (Lipinski definition) is 5. The highest BCUT2D eigenvalue weighted by Crippen LogP contribution is 2.44. The third kappa shape index (κ3) is 7.17. The van der Waals surface area contributed by atoms with Gasteiger partial charge in [0.1, 0.15) is 0 Å². The number of rotatable bonds is 6. The highest BCUT2D eigenvalue weighted by Gasteiger charge is 2.45. The topological polar surface area (TPSA) is 105 Å². The molecule has 3 aromatic rings. The molecule has 15 heteroatoms. The Bertz CT molecular complexity index is 1590. The standard InChI is InChI=1S/C30H29F5N6O3.ClH/c31-29(32)11-13-40(28(44)22-19-37-41(27(22)30(33,34)35)20-6-2-1-3-7-20)24-9-5-4-8-21(24)23(29)18-26(43)39-16-14-38(15-17-39)12-10-25(36)42;/h1-9,18-19H,10-17H2,(H2,36,42);1H. The zero-order valence-corrected chi connectivity index (χ0v) is 24.7. The number of nitrogens with two attached hydrogens (primary N) is 1. The minimum absolute atomic E-state index is 0. The maximum atomic E-state index is 15.7. The smallest absolute Gasteiger partial charge is 0.370 e. The van der Waals surface area contributed by atoms with E-state index in [1.807, 2.05) is 4.90 Å². The van der Waals surface area contributed by atoms with Crippen LogP contribution in [0.15, 0.2) is 66.9 Å². The maximum Gasteiger partial charge on any atom is 0.434 e. The number of alkyl halides is 5. The molecule has 1 aromatic heterocycles. The van der Waals surface area contributed by atoms with Crippen LogP contribution >= 0.6 is 12.4 Å². The number of carbonyl (C=O) groups excluding carboxylic acids is 3. The highest BCUT2D eigenvalue weighted by atomic mass is 35.5. The molecule has 2 N–H and O–H groups in total. The van der Waals surface area contributed by atoms with Gasteiger partial charge in [-0.2, -0.15) is 18.3 Å². The molecule has 45 heavy (non-hydrogen) atoms. The summed E-state index contributed by atoms with van der Waals surface area (Å²) in [6, 6.07) is 13.0. The molecule has 0 radical (unpaired) electrons. The van der Waals surface area contributed by atoms with Gasteiger partial charge >= 0.3 is 6.18 Å². The first-order valence-electron chi connectivity index (χ1n) is 13.9. The average Bonchev–Trinajstić information content (AvgIpc) is 3.42. The van der Waals surface area contributed by atoms with E-state index in [-0.39, 0.29) is 48.9 Å². The lowest BCUT2D eigenvalue weighted by Gasteiger charge is -2.34. The molecule has 0 spiro atoms. The van der Waals surface area contributed by atoms with Gasteiger partial charge in [-0.15, -0.1) is 12.4 Å². The first-order valence-corrected chi connectivity index (χ1v) is 13.9. The Kier molecular flexibility index (Phi) is 9.98. The number of nitrogens with zero attached hydrogens (tertiary/aromatic N) is 5. The Morgan fingerprint density at radius 1 is 0.933 bits per heavy atom. The molecule has 0 bridgehead atoms. The number of hydrogen-bond donors (Lipinski definition) is 1. The van der Waals surface area contributed by atoms with Crippen LogP contribution in [0.2, 0.25) is 0 Å². The van der Waals surface area contributed by atoms with E-state index in [9.17, 15) is 27.6 Å². The van der Waals surface area contributed by atoms with Gasteiger partial charge in [0.15, 0.2) is 5.69 Å². The van der Waals surface area contributed by atoms with Crippen molar-refractivity contribution in [2.45, 2.75) is 24.9 Å². The van der Waals surface area contributed by atoms with Gasteiger partial charge in [-0.3, -0.25) is 19.3 Å². The van der Waals surface area contributed by atoms with Gasteiger partial charge in [0.05, 0.1) is 23.1 Å². The van der Waals surface area contributed by atoms with Crippen LogP contribution in [-0.4, -0.2) is 82.5 Å². The molecular weight excluding hydrogens is 623 g/mol. The Hall–Kier alpha value is -4.30. The largest absolute Gasteiger partial charge is 0.434 e. The quantitative estimate of drug-likeness (QED) is 0.314. The molecular formula is C30H30ClF5N6O3. The molecule has 2 aliphatic rings. The van der Waals surface area contributed by atoms with Gasteiger partial charge in [0.25, 0.3) is 11.8 Å². The van der Waals surface area contributed by atoms with E-state index in [2.05, 4.69) is 5.10 Å². The average molecular weight is 653 g/mol. The monoisotopic (exact) mass is 652 g/mol. The summed E-state index contributed by atoms with van der Waals surface area (Å²) in [4.78, 5) is 42.2. The lowest BCUT2D eigenvalue weighted by atomic mass is 9.96. The van der Waals surface area contributed by atoms with Crippen LogP contribution in [0.1, 0.15) is 34.5 Å². The Morgan fingerprint density at radius 3 is 2.22 bits per heavy atom. The van der Waals surface area contributed by atoms with E-state index in [4.69, 9.17) is 5.73 Å². The summed E-state index contributed by atoms with van der Waals surface area (Å²) >= 11 is 0. The van der Waals surface area contributed by atoms with Crippen LogP contribution < -0.4 is 10.6 Å². The summed E-state index contributed by atoms with van der Waals surface area (Å²) in [6.45, 7) is 1.15. The third-order valence-corrected chi connectivity index (χ3v) is 7.67. The van der Waals surface area contributed by atoms with E-state index >= 15 is 8.78 Å². The van der Waals surface area contributed by atoms with Crippen molar-refractivity contribution in [2.24, 2.45) is 5.73 Å². The molecule has 0 atom stereocenters. The van der Waals surface area contributed by atoms with E-state index in [1.54, 1.807) is 6.07 Å². The maximum absolute atomic E-state index is 15.7. The summed E-state index contributed by atoms with van der Waals surface area (Å²) in [5.74, 6) is -5.84. The fourth-order valence-electron chi connectivity index (χ4n) is 5.40. The van der Waals surface area contributed by atoms with Crippen molar-refractivity contribution >= 4 is 41.4 Å². The number of anilines is 1. The molecule has 2 aliphatic heterocycles. The first kappa shape index (κ1) is 33.6. The fraction of sp³-hybridized carbons (Fsp3) is 0.333. The summed E-state index contributed by atoms with van der Waals surface area (Å²) < 4.78 is 74.9. The lowest BCUT2D eigenvalue weighted by Crippen LogP contribution is -2.49. The van der Waals surface area contributed by atoms with Crippen molar-refractivity contribution in [3.8, 4) is 5.69 Å². The first-order chi connectivity index (χ1) is 20.9. The van der Waals surface area contributed by atoms with Crippen molar-refractivity contribution in [1.82, 2.24) is 19.6 Å². The Balaban J connectivity index is 0.00000461. The molecule has 0 aliphatic carbocycles. The van der Waals surface area contributed by atoms with E-state index in [0.29, 0.717) is 24.3 Å². The van der Waals surface area contributed by atoms with Gasteiger partial charge in [-0.05, 0) is 18.2 Å². The summed E-state index contributed by atoms with van der Waals surface area (Å²) in [5.41, 5.74) is 2.32. The number of allylic oxidation sites excluding steroid dienone is 1. The van der Waals surface area contributed by atoms with Crippen LogP contribution in [0.25, 0.3) is 11.3 Å². The summed E-state index contributed by atoms with van der Waals surface area (Å²) in [7, 11) is 0. The Morgan fingerprint density at radius 2 is 1.58 bits per heavy atom. The predicted octanol–water partition coefficient (Wildman–Crippen LogP) is 4.40. The zero-order valence-electron chi connectivity index (χ0n) is 23.8. The van der Waals surface area contributed by atoms with E-state index in [0.717, 1.165) is 17.2 Å². The van der Waals surface area contributed by atoms with Crippen LogP contribution in [0, 0.1) is 0 Å². The van der Waals surface area contributed by atoms with Crippen LogP contribution in [0.5, 0.6) is 0 Å². The number of carbonyl (C=O) groups is 3. The molecule has 3 amide bonds. The van der Waals surface area contributed by atoms with Crippen molar-refractivity contribution < 1.29 is 36.3 Å². The highest BCUT2D eigenvalue weighted by molar-refractivity contribution is 6.09. The third-order valence-electron chi connectivity index (χ3n) is 7.67. The van der Waals surface area contributed by atoms with Crippen LogP contribution in [-0.2, 0) is 15.8 Å². The lowest BCUT2D eigenvalue weighted by molar-refractivity contribution is -0.143. The van der Waals surface area contributed by atoms with Gasteiger partial charge in [0.2, 0.25) is 11.8 Å². The zero-order chi connectivity index (χ0) is 31.6. The molecule has 1 fully saturated rings. The number of amides is 3. The van der Waals surface area contributed by atoms with Crippen molar-refractivity contribution in [1.29, 1.82) is 0 Å². The van der Waals surface area contributed by atoms with Gasteiger partial charge in [0, 0.05) is 69.3 Å². The second kappa shape index (κ2) is 13.4. The van der Waals surface area contributed by atoms with Crippen LogP contribution in [0.3, 0.4) is 0 Å². The second-order valence-electron chi connectivity index (χ2n) is 10.5. The second-order valence-corrected chi connectivity index (χ2v) is 10.5. The van der Waals surface area contributed by atoms with Crippen molar-refractivity contribution in [2.75, 3.05) is 44.2 Å². The Labute approximate surface area is 261 Å². The number of primary amides is 1. The number of para-hydroxylation sites is 2. The number of halogens is 6. The predicted molar refractivity (Wildman–Crippen MR) is 158 cm³/mol. The molecule has 1 saturated heterocycles. The molecule has 0 unspecified atom stereocenters. The van der Waals surface area contributed by atoms with Crippen molar-refractivity contribution in [3.05, 3.63) is 83.7 Å². The molecule has 2 aromatic carbocycles. The summed E-state index contributed by atoms with van der Waals surface area (Å²) in [5, 5.41) is 3.82. The SMILES string of the molecule is Cl.NC(=O)CCN1CCN(C(=O)C=C2c3ccccc3N(C(=O)c3cnn(-c4ccccc4)c3C(F)(F)F)CCC2(F)F)CC1.